The van der Waals surface area contributed by atoms with Gasteiger partial charge in [-0.3, -0.25) is 4.79 Å². The zero-order chi connectivity index (χ0) is 14.8. The van der Waals surface area contributed by atoms with Gasteiger partial charge in [0.15, 0.2) is 0 Å². The molecule has 0 saturated heterocycles. The van der Waals surface area contributed by atoms with E-state index in [1.807, 2.05) is 24.3 Å². The molecule has 0 bridgehead atoms. The van der Waals surface area contributed by atoms with Gasteiger partial charge in [0.2, 0.25) is 0 Å². The van der Waals surface area contributed by atoms with Gasteiger partial charge in [0.25, 0.3) is 5.91 Å². The molecule has 110 valence electrons. The van der Waals surface area contributed by atoms with Crippen LogP contribution >= 0.6 is 0 Å². The first-order valence-corrected chi connectivity index (χ1v) is 7.59. The first kappa shape index (κ1) is 13.9. The Morgan fingerprint density at radius 3 is 2.95 bits per heavy atom. The van der Waals surface area contributed by atoms with E-state index in [-0.39, 0.29) is 11.9 Å². The SMILES string of the molecule is CC1CCCC(NC(=O)c2cc(N)c3ccccc3n2)C1. The van der Waals surface area contributed by atoms with Gasteiger partial charge in [-0.15, -0.1) is 0 Å². The summed E-state index contributed by atoms with van der Waals surface area (Å²) in [6, 6.07) is 9.55. The third-order valence-electron chi connectivity index (χ3n) is 4.25. The fourth-order valence-corrected chi connectivity index (χ4v) is 3.14. The number of rotatable bonds is 2. The Labute approximate surface area is 124 Å². The third kappa shape index (κ3) is 2.99. The van der Waals surface area contributed by atoms with Crippen LogP contribution in [0.3, 0.4) is 0 Å². The molecule has 1 heterocycles. The van der Waals surface area contributed by atoms with E-state index in [0.717, 1.165) is 23.7 Å². The van der Waals surface area contributed by atoms with E-state index in [1.165, 1.54) is 12.8 Å². The van der Waals surface area contributed by atoms with Gasteiger partial charge >= 0.3 is 0 Å². The number of carbonyl (C=O) groups is 1. The van der Waals surface area contributed by atoms with E-state index in [4.69, 9.17) is 5.73 Å². The molecule has 1 aliphatic rings. The van der Waals surface area contributed by atoms with Crippen LogP contribution in [0, 0.1) is 5.92 Å². The van der Waals surface area contributed by atoms with E-state index in [2.05, 4.69) is 17.2 Å². The Bertz CT molecular complexity index is 668. The number of nitrogens with one attached hydrogen (secondary N) is 1. The lowest BCUT2D eigenvalue weighted by molar-refractivity contribution is 0.0916. The summed E-state index contributed by atoms with van der Waals surface area (Å²) in [7, 11) is 0. The number of anilines is 1. The Morgan fingerprint density at radius 1 is 1.33 bits per heavy atom. The molecule has 1 saturated carbocycles. The van der Waals surface area contributed by atoms with Gasteiger partial charge in [-0.05, 0) is 30.9 Å². The highest BCUT2D eigenvalue weighted by Gasteiger charge is 2.21. The Kier molecular flexibility index (Phi) is 3.78. The fourth-order valence-electron chi connectivity index (χ4n) is 3.14. The maximum absolute atomic E-state index is 12.4. The topological polar surface area (TPSA) is 68.0 Å². The Hall–Kier alpha value is -2.10. The summed E-state index contributed by atoms with van der Waals surface area (Å²) < 4.78 is 0. The molecule has 1 amide bonds. The summed E-state index contributed by atoms with van der Waals surface area (Å²) in [6.07, 6.45) is 4.54. The van der Waals surface area contributed by atoms with Crippen LogP contribution in [0.1, 0.15) is 43.1 Å². The molecule has 3 rings (SSSR count). The number of carbonyl (C=O) groups excluding carboxylic acids is 1. The lowest BCUT2D eigenvalue weighted by Crippen LogP contribution is -2.38. The van der Waals surface area contributed by atoms with Crippen molar-refractivity contribution in [3.63, 3.8) is 0 Å². The van der Waals surface area contributed by atoms with Gasteiger partial charge in [0, 0.05) is 17.1 Å². The summed E-state index contributed by atoms with van der Waals surface area (Å²) in [4.78, 5) is 16.8. The number of pyridine rings is 1. The van der Waals surface area contributed by atoms with Crippen LogP contribution in [0.25, 0.3) is 10.9 Å². The first-order valence-electron chi connectivity index (χ1n) is 7.59. The molecular weight excluding hydrogens is 262 g/mol. The number of amides is 1. The summed E-state index contributed by atoms with van der Waals surface area (Å²) in [5, 5.41) is 3.99. The van der Waals surface area contributed by atoms with Crippen molar-refractivity contribution in [2.45, 2.75) is 38.6 Å². The van der Waals surface area contributed by atoms with Gasteiger partial charge in [0.05, 0.1) is 5.52 Å². The molecule has 1 fully saturated rings. The van der Waals surface area contributed by atoms with E-state index in [0.29, 0.717) is 17.3 Å². The van der Waals surface area contributed by atoms with Crippen molar-refractivity contribution in [2.24, 2.45) is 5.92 Å². The second kappa shape index (κ2) is 5.72. The molecule has 0 aliphatic heterocycles. The van der Waals surface area contributed by atoms with Crippen molar-refractivity contribution in [2.75, 3.05) is 5.73 Å². The molecular formula is C17H21N3O. The molecule has 1 aliphatic carbocycles. The van der Waals surface area contributed by atoms with Crippen molar-refractivity contribution in [1.29, 1.82) is 0 Å². The third-order valence-corrected chi connectivity index (χ3v) is 4.25. The normalized spacial score (nSPS) is 22.1. The molecule has 2 unspecified atom stereocenters. The number of para-hydroxylation sites is 1. The molecule has 0 radical (unpaired) electrons. The van der Waals surface area contributed by atoms with Crippen LogP contribution in [-0.2, 0) is 0 Å². The molecule has 2 atom stereocenters. The number of hydrogen-bond donors (Lipinski definition) is 2. The predicted molar refractivity (Wildman–Crippen MR) is 85.0 cm³/mol. The van der Waals surface area contributed by atoms with Crippen molar-refractivity contribution in [3.8, 4) is 0 Å². The molecule has 3 N–H and O–H groups in total. The van der Waals surface area contributed by atoms with Gasteiger partial charge in [-0.2, -0.15) is 0 Å². The van der Waals surface area contributed by atoms with E-state index in [1.54, 1.807) is 6.07 Å². The van der Waals surface area contributed by atoms with Crippen molar-refractivity contribution in [3.05, 3.63) is 36.0 Å². The summed E-state index contributed by atoms with van der Waals surface area (Å²) >= 11 is 0. The number of aromatic nitrogens is 1. The molecule has 0 spiro atoms. The smallest absolute Gasteiger partial charge is 0.270 e. The number of nitrogens with two attached hydrogens (primary N) is 1. The number of benzene rings is 1. The lowest BCUT2D eigenvalue weighted by atomic mass is 9.87. The second-order valence-electron chi connectivity index (χ2n) is 6.06. The number of hydrogen-bond acceptors (Lipinski definition) is 3. The highest BCUT2D eigenvalue weighted by Crippen LogP contribution is 2.24. The standard InChI is InChI=1S/C17H21N3O/c1-11-5-4-6-12(9-11)19-17(21)16-10-14(18)13-7-2-3-8-15(13)20-16/h2-3,7-8,10-12H,4-6,9H2,1H3,(H2,18,20)(H,19,21). The largest absolute Gasteiger partial charge is 0.398 e. The monoisotopic (exact) mass is 283 g/mol. The lowest BCUT2D eigenvalue weighted by Gasteiger charge is -2.27. The van der Waals surface area contributed by atoms with Crippen LogP contribution in [-0.4, -0.2) is 16.9 Å². The highest BCUT2D eigenvalue weighted by atomic mass is 16.1. The predicted octanol–water partition coefficient (Wildman–Crippen LogP) is 3.13. The molecule has 4 heteroatoms. The van der Waals surface area contributed by atoms with Crippen molar-refractivity contribution >= 4 is 22.5 Å². The molecule has 1 aromatic heterocycles. The molecule has 2 aromatic rings. The first-order chi connectivity index (χ1) is 10.1. The van der Waals surface area contributed by atoms with Crippen molar-refractivity contribution in [1.82, 2.24) is 10.3 Å². The summed E-state index contributed by atoms with van der Waals surface area (Å²) in [5.74, 6) is 0.560. The molecule has 1 aromatic carbocycles. The fraction of sp³-hybridized carbons (Fsp3) is 0.412. The zero-order valence-electron chi connectivity index (χ0n) is 12.3. The van der Waals surface area contributed by atoms with Crippen molar-refractivity contribution < 1.29 is 4.79 Å². The van der Waals surface area contributed by atoms with Crippen LogP contribution in [0.4, 0.5) is 5.69 Å². The zero-order valence-corrected chi connectivity index (χ0v) is 12.3. The van der Waals surface area contributed by atoms with Crippen LogP contribution < -0.4 is 11.1 Å². The molecule has 4 nitrogen and oxygen atoms in total. The van der Waals surface area contributed by atoms with E-state index >= 15 is 0 Å². The molecule has 21 heavy (non-hydrogen) atoms. The van der Waals surface area contributed by atoms with E-state index in [9.17, 15) is 4.79 Å². The minimum absolute atomic E-state index is 0.119. The minimum atomic E-state index is -0.119. The number of nitrogens with zero attached hydrogens (tertiary/aromatic N) is 1. The second-order valence-corrected chi connectivity index (χ2v) is 6.06. The Balaban J connectivity index is 1.81. The van der Waals surface area contributed by atoms with Crippen LogP contribution in [0.15, 0.2) is 30.3 Å². The minimum Gasteiger partial charge on any atom is -0.398 e. The van der Waals surface area contributed by atoms with Gasteiger partial charge < -0.3 is 11.1 Å². The summed E-state index contributed by atoms with van der Waals surface area (Å²) in [5.41, 5.74) is 7.80. The van der Waals surface area contributed by atoms with Crippen LogP contribution in [0.5, 0.6) is 0 Å². The average Bonchev–Trinajstić information content (AvgIpc) is 2.47. The maximum Gasteiger partial charge on any atom is 0.270 e. The van der Waals surface area contributed by atoms with Gasteiger partial charge in [-0.25, -0.2) is 4.98 Å². The average molecular weight is 283 g/mol. The maximum atomic E-state index is 12.4. The van der Waals surface area contributed by atoms with Crippen LogP contribution in [0.2, 0.25) is 0 Å². The quantitative estimate of drug-likeness (QED) is 0.889. The van der Waals surface area contributed by atoms with E-state index < -0.39 is 0 Å². The summed E-state index contributed by atoms with van der Waals surface area (Å²) in [6.45, 7) is 2.24. The van der Waals surface area contributed by atoms with Gasteiger partial charge in [0.1, 0.15) is 5.69 Å². The number of nitrogen functional groups attached to an aromatic ring is 1. The van der Waals surface area contributed by atoms with Gasteiger partial charge in [-0.1, -0.05) is 38.0 Å². The number of fused-ring (bicyclic) bond motifs is 1. The highest BCUT2D eigenvalue weighted by molar-refractivity contribution is 5.99. The Morgan fingerprint density at radius 2 is 2.14 bits per heavy atom.